The Morgan fingerprint density at radius 2 is 1.16 bits per heavy atom. The zero-order valence-corrected chi connectivity index (χ0v) is 45.5. The summed E-state index contributed by atoms with van der Waals surface area (Å²) < 4.78 is 180. The van der Waals surface area contributed by atoms with Crippen molar-refractivity contribution in [3.8, 4) is 0 Å². The molecule has 3 aliphatic rings. The van der Waals surface area contributed by atoms with Gasteiger partial charge in [0.2, 0.25) is 5.69 Å². The average Bonchev–Trinajstić information content (AvgIpc) is 3.85. The van der Waals surface area contributed by atoms with Crippen molar-refractivity contribution in [2.75, 3.05) is 109 Å². The van der Waals surface area contributed by atoms with Crippen molar-refractivity contribution in [3.05, 3.63) is 71.5 Å². The van der Waals surface area contributed by atoms with Gasteiger partial charge in [-0.25, -0.2) is 38.5 Å². The molecule has 2 aromatic carbocycles. The molecule has 0 bridgehead atoms. The molecular weight excluding hydrogens is 1090 g/mol. The number of benzene rings is 2. The summed E-state index contributed by atoms with van der Waals surface area (Å²) in [4.78, 5) is 40.8. The van der Waals surface area contributed by atoms with Crippen LogP contribution in [0.15, 0.2) is 70.1 Å². The third-order valence-electron chi connectivity index (χ3n) is 12.8. The van der Waals surface area contributed by atoms with Gasteiger partial charge in [0.1, 0.15) is 26.8 Å². The van der Waals surface area contributed by atoms with Crippen molar-refractivity contribution in [2.45, 2.75) is 79.4 Å². The van der Waals surface area contributed by atoms with E-state index >= 15 is 0 Å². The lowest BCUT2D eigenvalue weighted by molar-refractivity contribution is -0.442. The highest BCUT2D eigenvalue weighted by atomic mass is 32.2. The molecule has 3 aliphatic heterocycles. The van der Waals surface area contributed by atoms with E-state index in [4.69, 9.17) is 33.3 Å². The number of nitrogens with zero attached hydrogens (tertiary/aromatic N) is 3. The predicted molar refractivity (Wildman–Crippen MR) is 263 cm³/mol. The summed E-state index contributed by atoms with van der Waals surface area (Å²) in [7, 11) is -17.9. The number of fused-ring (bicyclic) bond motifs is 2. The summed E-state index contributed by atoms with van der Waals surface area (Å²) in [5.74, 6) is -3.54. The minimum Gasteiger partial charge on any atom is -0.748 e. The van der Waals surface area contributed by atoms with E-state index in [1.54, 1.807) is 41.6 Å². The van der Waals surface area contributed by atoms with Gasteiger partial charge in [0.15, 0.2) is 12.3 Å². The van der Waals surface area contributed by atoms with E-state index in [0.29, 0.717) is 52.2 Å². The first-order valence-corrected chi connectivity index (χ1v) is 30.0. The summed E-state index contributed by atoms with van der Waals surface area (Å²) in [6, 6.07) is 7.56. The molecule has 3 heterocycles. The Balaban J connectivity index is 1.44. The van der Waals surface area contributed by atoms with Crippen LogP contribution in [-0.4, -0.2) is 189 Å². The summed E-state index contributed by atoms with van der Waals surface area (Å²) in [6.45, 7) is 5.20. The van der Waals surface area contributed by atoms with Gasteiger partial charge in [0.25, 0.3) is 11.8 Å². The Morgan fingerprint density at radius 3 is 1.71 bits per heavy atom. The van der Waals surface area contributed by atoms with E-state index in [1.807, 2.05) is 0 Å². The first-order valence-electron chi connectivity index (χ1n) is 24.0. The van der Waals surface area contributed by atoms with Crippen LogP contribution in [-0.2, 0) is 98.9 Å². The Morgan fingerprint density at radius 1 is 0.658 bits per heavy atom. The standard InChI is InChI=1S/C47H65N3O22S4/c1-46(16-5-31-73(54,55)56)37-33-35(75(60,61)62)9-11-39(37)48(18-21-68-26-29-70-24-23-66-3)41(46)7-4-8-42-47(2,17-6-32-74(57,58)59)38-34-36(76(63,64)65)10-12-40(38)49(42)19-22-69-27-30-71-28-25-67-20-15-45(53)72-50-43(51)13-14-44(50)52/h4,7-12,33-34H,5-6,13-32H2,1-3H3,(H3-,54,55,56,57,58,59,60,61,62,63,64,65)/p-3. The number of rotatable bonds is 34. The molecule has 5 rings (SSSR count). The number of carbonyl (C=O) groups excluding carboxylic acids is 3. The second kappa shape index (κ2) is 27.3. The molecule has 0 saturated carbocycles. The van der Waals surface area contributed by atoms with Crippen LogP contribution in [0.4, 0.5) is 11.4 Å². The third kappa shape index (κ3) is 17.5. The van der Waals surface area contributed by atoms with Gasteiger partial charge in [0.05, 0.1) is 108 Å². The fourth-order valence-corrected chi connectivity index (χ4v) is 11.1. The van der Waals surface area contributed by atoms with Crippen LogP contribution in [0.2, 0.25) is 0 Å². The topological polar surface area (TPSA) is 354 Å². The Bertz CT molecular complexity index is 2950. The average molecular weight is 1150 g/mol. The summed E-state index contributed by atoms with van der Waals surface area (Å²) in [5.41, 5.74) is -0.0410. The quantitative estimate of drug-likeness (QED) is 0.0414. The number of amides is 2. The summed E-state index contributed by atoms with van der Waals surface area (Å²) in [6.07, 6.45) is 4.23. The van der Waals surface area contributed by atoms with Crippen molar-refractivity contribution < 1.29 is 104 Å². The highest BCUT2D eigenvalue weighted by Gasteiger charge is 2.48. The van der Waals surface area contributed by atoms with Crippen molar-refractivity contribution in [1.29, 1.82) is 0 Å². The lowest BCUT2D eigenvalue weighted by atomic mass is 9.75. The number of carbonyl (C=O) groups is 3. The Kier molecular flexibility index (Phi) is 22.4. The van der Waals surface area contributed by atoms with Crippen LogP contribution in [0.1, 0.15) is 69.9 Å². The Hall–Kier alpha value is -4.60. The number of hydrogen-bond acceptors (Lipinski definition) is 23. The molecule has 0 aromatic heterocycles. The molecule has 2 aromatic rings. The van der Waals surface area contributed by atoms with E-state index in [2.05, 4.69) is 0 Å². The van der Waals surface area contributed by atoms with Gasteiger partial charge >= 0.3 is 5.97 Å². The number of imide groups is 1. The molecule has 1 fully saturated rings. The van der Waals surface area contributed by atoms with Crippen LogP contribution in [0.5, 0.6) is 0 Å². The molecule has 0 aliphatic carbocycles. The molecule has 25 nitrogen and oxygen atoms in total. The van der Waals surface area contributed by atoms with Gasteiger partial charge in [-0.2, -0.15) is 4.58 Å². The molecule has 2 unspecified atom stereocenters. The molecule has 0 N–H and O–H groups in total. The number of anilines is 1. The highest BCUT2D eigenvalue weighted by Crippen LogP contribution is 2.51. The second-order valence-corrected chi connectivity index (χ2v) is 23.9. The second-order valence-electron chi connectivity index (χ2n) is 18.1. The van der Waals surface area contributed by atoms with Gasteiger partial charge in [-0.3, -0.25) is 9.59 Å². The molecular formula is C47H62N3O22S4-3. The van der Waals surface area contributed by atoms with E-state index in [0.717, 1.165) is 12.1 Å². The minimum atomic E-state index is -5.01. The largest absolute Gasteiger partial charge is 0.748 e. The van der Waals surface area contributed by atoms with E-state index < -0.39 is 90.4 Å². The lowest BCUT2D eigenvalue weighted by Gasteiger charge is -2.31. The first kappa shape index (κ1) is 62.2. The molecule has 76 heavy (non-hydrogen) atoms. The smallest absolute Gasteiger partial charge is 0.335 e. The molecule has 2 amide bonds. The van der Waals surface area contributed by atoms with E-state index in [-0.39, 0.29) is 117 Å². The van der Waals surface area contributed by atoms with E-state index in [9.17, 15) is 66.3 Å². The van der Waals surface area contributed by atoms with Crippen LogP contribution in [0, 0.1) is 0 Å². The molecule has 29 heteroatoms. The van der Waals surface area contributed by atoms with Crippen LogP contribution < -0.4 is 4.90 Å². The van der Waals surface area contributed by atoms with Crippen molar-refractivity contribution in [1.82, 2.24) is 5.06 Å². The maximum absolute atomic E-state index is 12.4. The number of methoxy groups -OCH3 is 1. The SMILES string of the molecule is COCCOCCOCCN1C(=CC=CC2=[N+](CCOCCOCCOCCC(=O)ON3C(=O)CCC3=O)c3ccc(S(=O)(=O)[O-])cc3C2(C)CCCS(=O)(=O)[O-])C(C)(CCCS(=O)(=O)[O-])c2cc(S(=O)(=O)[O-])ccc21. The summed E-state index contributed by atoms with van der Waals surface area (Å²) >= 11 is 0. The normalized spacial score (nSPS) is 19.7. The van der Waals surface area contributed by atoms with Gasteiger partial charge in [-0.1, -0.05) is 6.08 Å². The lowest BCUT2D eigenvalue weighted by Crippen LogP contribution is -2.33. The summed E-state index contributed by atoms with van der Waals surface area (Å²) in [5, 5.41) is 0.446. The van der Waals surface area contributed by atoms with Crippen molar-refractivity contribution in [3.63, 3.8) is 0 Å². The van der Waals surface area contributed by atoms with Gasteiger partial charge in [0, 0.05) is 72.5 Å². The van der Waals surface area contributed by atoms with Crippen LogP contribution >= 0.6 is 0 Å². The zero-order valence-electron chi connectivity index (χ0n) is 42.2. The van der Waals surface area contributed by atoms with Gasteiger partial charge in [-0.05, 0) is 81.5 Å². The maximum Gasteiger partial charge on any atom is 0.335 e. The van der Waals surface area contributed by atoms with E-state index in [1.165, 1.54) is 31.4 Å². The first-order chi connectivity index (χ1) is 35.7. The zero-order chi connectivity index (χ0) is 56.0. The molecule has 424 valence electrons. The van der Waals surface area contributed by atoms with Gasteiger partial charge < -0.3 is 56.4 Å². The maximum atomic E-state index is 12.4. The molecule has 1 saturated heterocycles. The third-order valence-corrected chi connectivity index (χ3v) is 16.0. The van der Waals surface area contributed by atoms with Crippen LogP contribution in [0.25, 0.3) is 0 Å². The number of ether oxygens (including phenoxy) is 6. The van der Waals surface area contributed by atoms with Crippen LogP contribution in [0.3, 0.4) is 0 Å². The number of hydrogen-bond donors (Lipinski definition) is 0. The fourth-order valence-electron chi connectivity index (χ4n) is 9.10. The molecule has 2 atom stereocenters. The Labute approximate surface area is 442 Å². The molecule has 0 radical (unpaired) electrons. The van der Waals surface area contributed by atoms with Crippen molar-refractivity contribution >= 4 is 75.3 Å². The number of hydroxylamine groups is 2. The monoisotopic (exact) mass is 1150 g/mol. The molecule has 0 spiro atoms. The highest BCUT2D eigenvalue weighted by molar-refractivity contribution is 7.86. The number of allylic oxidation sites excluding steroid dienone is 4. The van der Waals surface area contributed by atoms with Crippen molar-refractivity contribution in [2.24, 2.45) is 0 Å². The minimum absolute atomic E-state index is 0.0201. The predicted octanol–water partition coefficient (Wildman–Crippen LogP) is 1.45. The fraction of sp³-hybridized carbons (Fsp3) is 0.574. The van der Waals surface area contributed by atoms with Gasteiger partial charge in [-0.15, -0.1) is 5.06 Å².